The number of anilines is 1. The van der Waals surface area contributed by atoms with Crippen LogP contribution in [0.2, 0.25) is 0 Å². The van der Waals surface area contributed by atoms with E-state index in [4.69, 9.17) is 17.0 Å². The summed E-state index contributed by atoms with van der Waals surface area (Å²) in [6.07, 6.45) is 0.897. The number of hydrogen-bond acceptors (Lipinski definition) is 4. The molecule has 8 heteroatoms. The Balaban J connectivity index is 2.00. The highest BCUT2D eigenvalue weighted by Gasteiger charge is 2.16. The molecule has 0 fully saturated rings. The summed E-state index contributed by atoms with van der Waals surface area (Å²) in [6.45, 7) is 8.37. The molecule has 0 atom stereocenters. The number of carbonyl (C=O) groups excluding carboxylic acids is 2. The van der Waals surface area contributed by atoms with E-state index in [1.807, 2.05) is 27.7 Å². The molecule has 30 heavy (non-hydrogen) atoms. The number of rotatable bonds is 6. The smallest absolute Gasteiger partial charge is 0.257 e. The van der Waals surface area contributed by atoms with Crippen LogP contribution in [0.5, 0.6) is 5.75 Å². The molecule has 2 aromatic rings. The summed E-state index contributed by atoms with van der Waals surface area (Å²) >= 11 is 8.66. The fraction of sp³-hybridized carbons (Fsp3) is 0.318. The summed E-state index contributed by atoms with van der Waals surface area (Å²) in [4.78, 5) is 24.8. The molecule has 0 aliphatic heterocycles. The maximum absolute atomic E-state index is 12.5. The quantitative estimate of drug-likeness (QED) is 0.501. The average molecular weight is 492 g/mol. The van der Waals surface area contributed by atoms with Crippen LogP contribution in [0, 0.1) is 0 Å². The summed E-state index contributed by atoms with van der Waals surface area (Å²) in [5.74, 6) is 0.146. The van der Waals surface area contributed by atoms with Crippen LogP contribution in [0.15, 0.2) is 46.9 Å². The van der Waals surface area contributed by atoms with Crippen LogP contribution < -0.4 is 20.7 Å². The average Bonchev–Trinajstić information content (AvgIpc) is 2.65. The predicted octanol–water partition coefficient (Wildman–Crippen LogP) is 4.89. The molecule has 0 heterocycles. The van der Waals surface area contributed by atoms with E-state index in [9.17, 15) is 9.59 Å². The van der Waals surface area contributed by atoms with Crippen LogP contribution in [0.25, 0.3) is 0 Å². The van der Waals surface area contributed by atoms with Crippen molar-refractivity contribution in [3.05, 3.63) is 58.1 Å². The number of thiocarbonyl (C=S) groups is 1. The lowest BCUT2D eigenvalue weighted by Crippen LogP contribution is -2.40. The molecule has 0 bridgehead atoms. The zero-order chi connectivity index (χ0) is 22.3. The maximum Gasteiger partial charge on any atom is 0.257 e. The SMILES string of the molecule is CCCOc1ccc(C(=O)NC(=S)Nc2cccc(C(=O)NC(C)(C)C)c2)cc1Br. The molecular formula is C22H26BrN3O3S. The minimum absolute atomic E-state index is 0.135. The number of amides is 2. The van der Waals surface area contributed by atoms with E-state index in [0.29, 0.717) is 33.6 Å². The molecule has 0 aliphatic rings. The Morgan fingerprint density at radius 1 is 1.07 bits per heavy atom. The first-order valence-corrected chi connectivity index (χ1v) is 10.8. The van der Waals surface area contributed by atoms with Gasteiger partial charge in [-0.3, -0.25) is 14.9 Å². The van der Waals surface area contributed by atoms with Crippen molar-refractivity contribution in [2.75, 3.05) is 11.9 Å². The Morgan fingerprint density at radius 2 is 1.77 bits per heavy atom. The maximum atomic E-state index is 12.5. The molecule has 0 aromatic heterocycles. The van der Waals surface area contributed by atoms with Gasteiger partial charge in [-0.15, -0.1) is 0 Å². The van der Waals surface area contributed by atoms with E-state index in [1.54, 1.807) is 42.5 Å². The van der Waals surface area contributed by atoms with Gasteiger partial charge in [-0.1, -0.05) is 13.0 Å². The Bertz CT molecular complexity index is 941. The molecule has 0 aliphatic carbocycles. The summed E-state index contributed by atoms with van der Waals surface area (Å²) in [5, 5.41) is 8.62. The van der Waals surface area contributed by atoms with Gasteiger partial charge < -0.3 is 15.4 Å². The molecular weight excluding hydrogens is 466 g/mol. The lowest BCUT2D eigenvalue weighted by molar-refractivity contribution is 0.0918. The summed E-state index contributed by atoms with van der Waals surface area (Å²) < 4.78 is 6.29. The van der Waals surface area contributed by atoms with Crippen LogP contribution in [-0.4, -0.2) is 29.1 Å². The molecule has 0 spiro atoms. The second-order valence-electron chi connectivity index (χ2n) is 7.69. The first-order chi connectivity index (χ1) is 14.1. The van der Waals surface area contributed by atoms with Gasteiger partial charge in [-0.2, -0.15) is 0 Å². The number of halogens is 1. The molecule has 2 amide bonds. The third-order valence-corrected chi connectivity index (χ3v) is 4.58. The van der Waals surface area contributed by atoms with Gasteiger partial charge in [0, 0.05) is 22.4 Å². The van der Waals surface area contributed by atoms with Crippen LogP contribution >= 0.6 is 28.1 Å². The topological polar surface area (TPSA) is 79.5 Å². The van der Waals surface area contributed by atoms with Crippen LogP contribution in [0.3, 0.4) is 0 Å². The summed E-state index contributed by atoms with van der Waals surface area (Å²) in [6, 6.07) is 12.0. The second kappa shape index (κ2) is 10.5. The number of hydrogen-bond donors (Lipinski definition) is 3. The second-order valence-corrected chi connectivity index (χ2v) is 8.95. The van der Waals surface area contributed by atoms with Crippen molar-refractivity contribution in [2.24, 2.45) is 0 Å². The Labute approximate surface area is 190 Å². The summed E-state index contributed by atoms with van der Waals surface area (Å²) in [5.41, 5.74) is 1.20. The van der Waals surface area contributed by atoms with Gasteiger partial charge in [0.2, 0.25) is 0 Å². The third-order valence-electron chi connectivity index (χ3n) is 3.75. The van der Waals surface area contributed by atoms with Crippen LogP contribution in [-0.2, 0) is 0 Å². The highest BCUT2D eigenvalue weighted by Crippen LogP contribution is 2.26. The minimum atomic E-state index is -0.350. The van der Waals surface area contributed by atoms with Gasteiger partial charge in [0.25, 0.3) is 11.8 Å². The molecule has 0 unspecified atom stereocenters. The Morgan fingerprint density at radius 3 is 2.40 bits per heavy atom. The Kier molecular flexibility index (Phi) is 8.37. The fourth-order valence-corrected chi connectivity index (χ4v) is 3.16. The van der Waals surface area contributed by atoms with E-state index in [-0.39, 0.29) is 22.5 Å². The van der Waals surface area contributed by atoms with E-state index in [2.05, 4.69) is 31.9 Å². The molecule has 0 saturated heterocycles. The minimum Gasteiger partial charge on any atom is -0.492 e. The van der Waals surface area contributed by atoms with Gasteiger partial charge in [0.05, 0.1) is 11.1 Å². The van der Waals surface area contributed by atoms with Gasteiger partial charge in [-0.05, 0) is 91.7 Å². The van der Waals surface area contributed by atoms with Crippen molar-refractivity contribution in [2.45, 2.75) is 39.7 Å². The highest BCUT2D eigenvalue weighted by molar-refractivity contribution is 9.10. The van der Waals surface area contributed by atoms with Gasteiger partial charge in [0.15, 0.2) is 5.11 Å². The van der Waals surface area contributed by atoms with E-state index < -0.39 is 0 Å². The predicted molar refractivity (Wildman–Crippen MR) is 127 cm³/mol. The van der Waals surface area contributed by atoms with Crippen molar-refractivity contribution in [3.63, 3.8) is 0 Å². The largest absolute Gasteiger partial charge is 0.492 e. The zero-order valence-corrected chi connectivity index (χ0v) is 19.9. The number of nitrogens with one attached hydrogen (secondary N) is 3. The highest BCUT2D eigenvalue weighted by atomic mass is 79.9. The lowest BCUT2D eigenvalue weighted by Gasteiger charge is -2.20. The molecule has 2 aromatic carbocycles. The fourth-order valence-electron chi connectivity index (χ4n) is 2.46. The molecule has 0 saturated carbocycles. The third kappa shape index (κ3) is 7.42. The van der Waals surface area contributed by atoms with Crippen molar-refractivity contribution in [3.8, 4) is 5.75 Å². The first-order valence-electron chi connectivity index (χ1n) is 9.56. The van der Waals surface area contributed by atoms with Crippen molar-refractivity contribution >= 4 is 50.8 Å². The first kappa shape index (κ1) is 23.8. The van der Waals surface area contributed by atoms with E-state index in [1.165, 1.54) is 0 Å². The normalized spacial score (nSPS) is 10.8. The standard InChI is InChI=1S/C22H26BrN3O3S/c1-5-11-29-18-10-9-15(13-17(18)23)19(27)25-21(30)24-16-8-6-7-14(12-16)20(28)26-22(2,3)4/h6-10,12-13H,5,11H2,1-4H3,(H,26,28)(H2,24,25,27,30). The van der Waals surface area contributed by atoms with Crippen LogP contribution in [0.4, 0.5) is 5.69 Å². The number of carbonyl (C=O) groups is 2. The van der Waals surface area contributed by atoms with Crippen molar-refractivity contribution < 1.29 is 14.3 Å². The molecule has 160 valence electrons. The molecule has 0 radical (unpaired) electrons. The van der Waals surface area contributed by atoms with Crippen LogP contribution in [0.1, 0.15) is 54.8 Å². The van der Waals surface area contributed by atoms with Gasteiger partial charge in [-0.25, -0.2) is 0 Å². The lowest BCUT2D eigenvalue weighted by atomic mass is 10.1. The van der Waals surface area contributed by atoms with E-state index in [0.717, 1.165) is 6.42 Å². The zero-order valence-electron chi connectivity index (χ0n) is 17.5. The van der Waals surface area contributed by atoms with Gasteiger partial charge in [0.1, 0.15) is 5.75 Å². The summed E-state index contributed by atoms with van der Waals surface area (Å²) in [7, 11) is 0. The molecule has 2 rings (SSSR count). The number of benzene rings is 2. The van der Waals surface area contributed by atoms with Crippen molar-refractivity contribution in [1.82, 2.24) is 10.6 Å². The monoisotopic (exact) mass is 491 g/mol. The Hall–Kier alpha value is -2.45. The van der Waals surface area contributed by atoms with Gasteiger partial charge >= 0.3 is 0 Å². The van der Waals surface area contributed by atoms with E-state index >= 15 is 0 Å². The molecule has 3 N–H and O–H groups in total. The number of ether oxygens (including phenoxy) is 1. The van der Waals surface area contributed by atoms with Crippen molar-refractivity contribution in [1.29, 1.82) is 0 Å². The molecule has 6 nitrogen and oxygen atoms in total.